The SMILES string of the molecule is Fc1c(F)c(N2c3ccccc3C(C(F)(F)C(F)(F)C(F)(F)C(F)(F)F)(C(F)(F)C(F)(F)C(F)(F)C(F)(F)F)c3ccccc32)c(F)c(F)c1-c1c(F)c(F)c(N2c3ccccc3C(C(F)(F)C(F)(F)C(F)(F)C(F)(F)F)(C(F)(F)C(F)(F)C(F)(F)C(F)(F)F)c3ccccc32)c(F)c1F. The van der Waals surface area contributed by atoms with Crippen LogP contribution in [0.25, 0.3) is 11.1 Å². The second kappa shape index (κ2) is 22.2. The Labute approximate surface area is 520 Å². The zero-order valence-corrected chi connectivity index (χ0v) is 45.8. The van der Waals surface area contributed by atoms with Gasteiger partial charge in [0.05, 0.1) is 33.9 Å². The molecule has 0 radical (unpaired) electrons. The first kappa shape index (κ1) is 77.6. The van der Waals surface area contributed by atoms with E-state index in [1.54, 1.807) is 0 Å². The molecule has 2 heterocycles. The summed E-state index contributed by atoms with van der Waals surface area (Å²) in [6, 6.07) is -8.31. The fourth-order valence-electron chi connectivity index (χ4n) is 11.2. The Hall–Kier alpha value is -8.16. The number of para-hydroxylation sites is 4. The topological polar surface area (TPSA) is 6.48 Å². The minimum Gasteiger partial charge on any atom is -0.304 e. The normalized spacial score (nSPS) is 16.5. The highest BCUT2D eigenvalue weighted by atomic mass is 19.5. The van der Waals surface area contributed by atoms with Crippen molar-refractivity contribution in [2.24, 2.45) is 0 Å². The van der Waals surface area contributed by atoms with Gasteiger partial charge in [0.25, 0.3) is 0 Å². The van der Waals surface area contributed by atoms with Crippen molar-refractivity contribution < 1.29 is 193 Å². The van der Waals surface area contributed by atoms with Crippen LogP contribution in [0.15, 0.2) is 97.1 Å². The molecule has 0 atom stereocenters. The van der Waals surface area contributed by atoms with Gasteiger partial charge >= 0.3 is 95.8 Å². The van der Waals surface area contributed by atoms with Crippen LogP contribution in [-0.4, -0.2) is 95.8 Å². The number of alkyl halides is 36. The highest BCUT2D eigenvalue weighted by Gasteiger charge is 2.98. The molecule has 100 heavy (non-hydrogen) atoms. The number of nitrogens with zero attached hydrogens (tertiary/aromatic N) is 2. The number of anilines is 6. The molecule has 2 nitrogen and oxygen atoms in total. The summed E-state index contributed by atoms with van der Waals surface area (Å²) < 4.78 is 678. The minimum absolute atomic E-state index is 0.0972. The van der Waals surface area contributed by atoms with Crippen LogP contribution in [0.4, 0.5) is 227 Å². The van der Waals surface area contributed by atoms with E-state index in [-0.39, 0.29) is 48.5 Å². The van der Waals surface area contributed by atoms with Gasteiger partial charge in [-0.1, -0.05) is 72.8 Å². The molecule has 6 aromatic carbocycles. The molecule has 0 saturated carbocycles. The molecule has 8 rings (SSSR count). The molecule has 0 fully saturated rings. The first-order chi connectivity index (χ1) is 44.7. The standard InChI is InChI=1S/C54H16F44N2/c55-27-25(28(56)32(60)35(31(27)59)99-21-13-5-1-9-17(21)37(18-10-2-6-14-22(18)99,39(63,64)43(71,72)47(79,80)51(87,88)89)40(65,66)44(73,74)48(81,82)52(90,91)92)26-29(57)33(61)36(34(62)30(26)58)100-23-15-7-3-11-19(23)38(20-12-4-8-16-24(20)100,41(67,68)45(75,76)49(83,84)53(93,94)95)42(69,70)46(77,78)50(85,86)54(96,97)98/h1-16H. The van der Waals surface area contributed by atoms with Crippen molar-refractivity contribution in [2.75, 3.05) is 9.80 Å². The largest absolute Gasteiger partial charge is 0.460 e. The first-order valence-corrected chi connectivity index (χ1v) is 25.2. The number of fused-ring (bicyclic) bond motifs is 4. The number of halogens is 44. The van der Waals surface area contributed by atoms with Gasteiger partial charge in [0, 0.05) is 0 Å². The fraction of sp³-hybridized carbons (Fsp3) is 0.333. The summed E-state index contributed by atoms with van der Waals surface area (Å²) >= 11 is 0. The fourth-order valence-corrected chi connectivity index (χ4v) is 11.2. The van der Waals surface area contributed by atoms with E-state index in [4.69, 9.17) is 0 Å². The van der Waals surface area contributed by atoms with Crippen LogP contribution < -0.4 is 9.80 Å². The Morgan fingerprint density at radius 1 is 0.200 bits per heavy atom. The van der Waals surface area contributed by atoms with Gasteiger partial charge in [-0.15, -0.1) is 0 Å². The summed E-state index contributed by atoms with van der Waals surface area (Å²) in [7, 11) is 0. The molecule has 0 spiro atoms. The maximum Gasteiger partial charge on any atom is 0.460 e. The molecular weight excluding hydrogens is 1510 g/mol. The van der Waals surface area contributed by atoms with E-state index in [9.17, 15) is 87.8 Å². The average Bonchev–Trinajstić information content (AvgIpc) is 0.659. The van der Waals surface area contributed by atoms with Crippen LogP contribution in [0.1, 0.15) is 22.3 Å². The van der Waals surface area contributed by atoms with Crippen molar-refractivity contribution in [3.05, 3.63) is 166 Å². The van der Waals surface area contributed by atoms with Crippen LogP contribution in [0, 0.1) is 46.5 Å². The third kappa shape index (κ3) is 9.05. The highest BCUT2D eigenvalue weighted by Crippen LogP contribution is 2.76. The summed E-state index contributed by atoms with van der Waals surface area (Å²) in [5.74, 6) is -136. The lowest BCUT2D eigenvalue weighted by Crippen LogP contribution is -2.77. The van der Waals surface area contributed by atoms with Gasteiger partial charge in [-0.05, 0) is 46.5 Å². The molecule has 0 bridgehead atoms. The maximum atomic E-state index is 17.0. The Balaban J connectivity index is 1.45. The van der Waals surface area contributed by atoms with Crippen LogP contribution in [0.3, 0.4) is 0 Å². The van der Waals surface area contributed by atoms with E-state index in [2.05, 4.69) is 0 Å². The van der Waals surface area contributed by atoms with Crippen molar-refractivity contribution in [1.29, 1.82) is 0 Å². The molecule has 0 amide bonds. The Kier molecular flexibility index (Phi) is 17.2. The van der Waals surface area contributed by atoms with Gasteiger partial charge in [0.2, 0.25) is 0 Å². The van der Waals surface area contributed by atoms with E-state index >= 15 is 105 Å². The Morgan fingerprint density at radius 3 is 0.500 bits per heavy atom. The molecule has 6 aromatic rings. The second-order valence-corrected chi connectivity index (χ2v) is 21.1. The molecule has 2 aliphatic rings. The van der Waals surface area contributed by atoms with E-state index in [1.807, 2.05) is 0 Å². The molecule has 0 unspecified atom stereocenters. The van der Waals surface area contributed by atoms with Crippen molar-refractivity contribution >= 4 is 34.1 Å². The Morgan fingerprint density at radius 2 is 0.350 bits per heavy atom. The molecule has 46 heteroatoms. The van der Waals surface area contributed by atoms with Crippen molar-refractivity contribution in [1.82, 2.24) is 0 Å². The minimum atomic E-state index is -8.97. The summed E-state index contributed by atoms with van der Waals surface area (Å²) in [5.41, 5.74) is -53.8. The summed E-state index contributed by atoms with van der Waals surface area (Å²) in [5, 5.41) is 0. The predicted molar refractivity (Wildman–Crippen MR) is 246 cm³/mol. The van der Waals surface area contributed by atoms with Crippen LogP contribution in [-0.2, 0) is 10.8 Å². The summed E-state index contributed by atoms with van der Waals surface area (Å²) in [4.78, 5) is -2.41. The lowest BCUT2D eigenvalue weighted by atomic mass is 9.58. The van der Waals surface area contributed by atoms with Crippen molar-refractivity contribution in [2.45, 2.75) is 107 Å². The zero-order chi connectivity index (χ0) is 77.0. The molecule has 0 N–H and O–H groups in total. The van der Waals surface area contributed by atoms with Gasteiger partial charge in [-0.25, -0.2) is 35.1 Å². The van der Waals surface area contributed by atoms with Crippen LogP contribution in [0.5, 0.6) is 0 Å². The average molecular weight is 1530 g/mol. The maximum absolute atomic E-state index is 17.0. The quantitative estimate of drug-likeness (QED) is 0.0747. The summed E-state index contributed by atoms with van der Waals surface area (Å²) in [6.07, 6.45) is -33.2. The number of hydrogen-bond acceptors (Lipinski definition) is 2. The Bertz CT molecular complexity index is 3720. The molecule has 0 aromatic heterocycles. The lowest BCUT2D eigenvalue weighted by Gasteiger charge is -2.55. The smallest absolute Gasteiger partial charge is 0.304 e. The molecular formula is C54H16F44N2. The van der Waals surface area contributed by atoms with Crippen molar-refractivity contribution in [3.8, 4) is 11.1 Å². The number of benzene rings is 6. The second-order valence-electron chi connectivity index (χ2n) is 21.1. The van der Waals surface area contributed by atoms with E-state index < -0.39 is 279 Å². The highest BCUT2D eigenvalue weighted by molar-refractivity contribution is 5.91. The predicted octanol–water partition coefficient (Wildman–Crippen LogP) is 22.5. The summed E-state index contributed by atoms with van der Waals surface area (Å²) in [6.45, 7) is 0. The molecule has 0 saturated heterocycles. The lowest BCUT2D eigenvalue weighted by molar-refractivity contribution is -0.438. The number of hydrogen-bond donors (Lipinski definition) is 0. The van der Waals surface area contributed by atoms with E-state index in [1.165, 1.54) is 0 Å². The zero-order valence-electron chi connectivity index (χ0n) is 45.8. The van der Waals surface area contributed by atoms with Gasteiger partial charge in [-0.3, -0.25) is 0 Å². The molecule has 2 aliphatic heterocycles. The van der Waals surface area contributed by atoms with Gasteiger partial charge in [0.1, 0.15) is 11.4 Å². The van der Waals surface area contributed by atoms with Crippen LogP contribution >= 0.6 is 0 Å². The first-order valence-electron chi connectivity index (χ1n) is 25.2. The third-order valence-electron chi connectivity index (χ3n) is 15.8. The third-order valence-corrected chi connectivity index (χ3v) is 15.8. The monoisotopic (exact) mass is 1530 g/mol. The van der Waals surface area contributed by atoms with Crippen LogP contribution in [0.2, 0.25) is 0 Å². The van der Waals surface area contributed by atoms with Gasteiger partial charge in [-0.2, -0.15) is 158 Å². The number of rotatable bonds is 15. The molecule has 0 aliphatic carbocycles. The van der Waals surface area contributed by atoms with Gasteiger partial charge in [0.15, 0.2) is 57.4 Å². The van der Waals surface area contributed by atoms with Crippen molar-refractivity contribution in [3.63, 3.8) is 0 Å². The van der Waals surface area contributed by atoms with Gasteiger partial charge < -0.3 is 9.80 Å². The molecule has 550 valence electrons. The van der Waals surface area contributed by atoms with E-state index in [0.29, 0.717) is 0 Å². The van der Waals surface area contributed by atoms with E-state index in [0.717, 1.165) is 0 Å².